The maximum Gasteiger partial charge on any atom is 0.410 e. The fourth-order valence-corrected chi connectivity index (χ4v) is 3.67. The van der Waals surface area contributed by atoms with Gasteiger partial charge in [0.15, 0.2) is 6.79 Å². The van der Waals surface area contributed by atoms with Crippen molar-refractivity contribution in [3.05, 3.63) is 27.7 Å². The lowest BCUT2D eigenvalue weighted by Crippen LogP contribution is -2.37. The Morgan fingerprint density at radius 1 is 1.29 bits per heavy atom. The Bertz CT molecular complexity index is 734. The summed E-state index contributed by atoms with van der Waals surface area (Å²) in [4.78, 5) is 25.5. The average molecular weight is 434 g/mol. The topological polar surface area (TPSA) is 85.3 Å². The average Bonchev–Trinajstić information content (AvgIpc) is 2.97. The number of carbonyl (C=O) groups excluding carboxylic acids is 1. The SMILES string of the molecule is COCOc1ccc(Cl)c(Cl)c1[C@H]1CC(CC(=O)O)CN1C(=O)OC(C)(C)C. The number of hydrogen-bond acceptors (Lipinski definition) is 5. The molecule has 1 aliphatic rings. The third-order valence-electron chi connectivity index (χ3n) is 4.24. The van der Waals surface area contributed by atoms with Crippen LogP contribution in [0.25, 0.3) is 0 Å². The normalized spacial score (nSPS) is 19.6. The molecule has 1 fully saturated rings. The first-order valence-corrected chi connectivity index (χ1v) is 9.60. The number of carbonyl (C=O) groups is 2. The summed E-state index contributed by atoms with van der Waals surface area (Å²) in [6.45, 7) is 5.53. The zero-order valence-electron chi connectivity index (χ0n) is 16.3. The number of ether oxygens (including phenoxy) is 3. The molecule has 1 aromatic carbocycles. The Labute approximate surface area is 174 Å². The van der Waals surface area contributed by atoms with Gasteiger partial charge in [0.2, 0.25) is 0 Å². The van der Waals surface area contributed by atoms with Crippen molar-refractivity contribution in [3.63, 3.8) is 0 Å². The number of nitrogens with zero attached hydrogens (tertiary/aromatic N) is 1. The summed E-state index contributed by atoms with van der Waals surface area (Å²) in [5.41, 5.74) is -0.176. The Morgan fingerprint density at radius 3 is 2.54 bits per heavy atom. The maximum atomic E-state index is 12.8. The van der Waals surface area contributed by atoms with E-state index in [1.165, 1.54) is 12.0 Å². The summed E-state index contributed by atoms with van der Waals surface area (Å²) in [6, 6.07) is 2.72. The van der Waals surface area contributed by atoms with E-state index in [4.69, 9.17) is 37.4 Å². The van der Waals surface area contributed by atoms with Crippen LogP contribution in [0.5, 0.6) is 5.75 Å². The third kappa shape index (κ3) is 5.65. The van der Waals surface area contributed by atoms with Gasteiger partial charge in [-0.1, -0.05) is 23.2 Å². The molecule has 1 aliphatic heterocycles. The predicted octanol–water partition coefficient (Wildman–Crippen LogP) is 4.75. The van der Waals surface area contributed by atoms with E-state index in [9.17, 15) is 14.7 Å². The van der Waals surface area contributed by atoms with Crippen LogP contribution in [0.1, 0.15) is 45.2 Å². The quantitative estimate of drug-likeness (QED) is 0.651. The molecule has 0 bridgehead atoms. The molecule has 0 aliphatic carbocycles. The fourth-order valence-electron chi connectivity index (χ4n) is 3.22. The zero-order chi connectivity index (χ0) is 21.1. The highest BCUT2D eigenvalue weighted by Crippen LogP contribution is 2.46. The highest BCUT2D eigenvalue weighted by molar-refractivity contribution is 6.42. The van der Waals surface area contributed by atoms with Crippen LogP contribution in [0.15, 0.2) is 12.1 Å². The fraction of sp³-hybridized carbons (Fsp3) is 0.579. The molecule has 0 saturated carbocycles. The van der Waals surface area contributed by atoms with Crippen LogP contribution in [0.2, 0.25) is 10.0 Å². The summed E-state index contributed by atoms with van der Waals surface area (Å²) in [5, 5.41) is 9.76. The molecule has 1 amide bonds. The van der Waals surface area contributed by atoms with Gasteiger partial charge in [-0.25, -0.2) is 4.79 Å². The van der Waals surface area contributed by atoms with E-state index in [2.05, 4.69) is 0 Å². The Kier molecular flexibility index (Phi) is 7.42. The Morgan fingerprint density at radius 2 is 1.96 bits per heavy atom. The molecule has 1 unspecified atom stereocenters. The monoisotopic (exact) mass is 433 g/mol. The number of carboxylic acids is 1. The van der Waals surface area contributed by atoms with Crippen molar-refractivity contribution in [2.75, 3.05) is 20.4 Å². The minimum absolute atomic E-state index is 0.0112. The number of amides is 1. The van der Waals surface area contributed by atoms with Crippen molar-refractivity contribution < 1.29 is 28.9 Å². The number of aliphatic carboxylic acids is 1. The third-order valence-corrected chi connectivity index (χ3v) is 5.06. The molecule has 1 saturated heterocycles. The van der Waals surface area contributed by atoms with Crippen molar-refractivity contribution in [1.29, 1.82) is 0 Å². The number of halogens is 2. The van der Waals surface area contributed by atoms with Gasteiger partial charge in [0.1, 0.15) is 11.4 Å². The molecule has 1 aromatic rings. The van der Waals surface area contributed by atoms with Crippen molar-refractivity contribution in [1.82, 2.24) is 4.90 Å². The first kappa shape index (κ1) is 22.6. The first-order chi connectivity index (χ1) is 13.0. The van der Waals surface area contributed by atoms with E-state index in [0.29, 0.717) is 22.8 Å². The van der Waals surface area contributed by atoms with Gasteiger partial charge in [0.25, 0.3) is 0 Å². The lowest BCUT2D eigenvalue weighted by molar-refractivity contribution is -0.138. The van der Waals surface area contributed by atoms with Crippen LogP contribution >= 0.6 is 23.2 Å². The molecule has 2 rings (SSSR count). The van der Waals surface area contributed by atoms with Gasteiger partial charge in [-0.2, -0.15) is 0 Å². The predicted molar refractivity (Wildman–Crippen MR) is 105 cm³/mol. The van der Waals surface area contributed by atoms with Crippen molar-refractivity contribution in [2.24, 2.45) is 5.92 Å². The van der Waals surface area contributed by atoms with E-state index in [1.54, 1.807) is 32.9 Å². The second kappa shape index (κ2) is 9.20. The van der Waals surface area contributed by atoms with Gasteiger partial charge in [-0.15, -0.1) is 0 Å². The van der Waals surface area contributed by atoms with Gasteiger partial charge < -0.3 is 24.2 Å². The van der Waals surface area contributed by atoms with Gasteiger partial charge >= 0.3 is 12.1 Å². The van der Waals surface area contributed by atoms with Gasteiger partial charge in [-0.05, 0) is 45.2 Å². The van der Waals surface area contributed by atoms with E-state index in [-0.39, 0.29) is 30.7 Å². The van der Waals surface area contributed by atoms with E-state index in [0.717, 1.165) is 0 Å². The molecule has 28 heavy (non-hydrogen) atoms. The first-order valence-electron chi connectivity index (χ1n) is 8.84. The van der Waals surface area contributed by atoms with Gasteiger partial charge in [0, 0.05) is 25.6 Å². The molecule has 9 heteroatoms. The molecule has 0 spiro atoms. The number of hydrogen-bond donors (Lipinski definition) is 1. The highest BCUT2D eigenvalue weighted by atomic mass is 35.5. The Balaban J connectivity index is 2.44. The minimum Gasteiger partial charge on any atom is -0.481 e. The Hall–Kier alpha value is -1.70. The van der Waals surface area contributed by atoms with Crippen LogP contribution in [0, 0.1) is 5.92 Å². The number of methoxy groups -OCH3 is 1. The van der Waals surface area contributed by atoms with E-state index >= 15 is 0 Å². The standard InChI is InChI=1S/C19H25Cl2NO6/c1-19(2,3)28-18(25)22-9-11(8-15(23)24)7-13(22)16-14(27-10-26-4)6-5-12(20)17(16)21/h5-6,11,13H,7-10H2,1-4H3,(H,23,24)/t11?,13-/m1/s1. The zero-order valence-corrected chi connectivity index (χ0v) is 17.8. The van der Waals surface area contributed by atoms with E-state index < -0.39 is 23.7 Å². The van der Waals surface area contributed by atoms with Crippen molar-refractivity contribution >= 4 is 35.3 Å². The summed E-state index contributed by atoms with van der Waals surface area (Å²) in [6.07, 6.45) is -0.212. The molecule has 1 N–H and O–H groups in total. The molecule has 2 atom stereocenters. The molecular weight excluding hydrogens is 409 g/mol. The number of carboxylic acid groups (broad SMARTS) is 1. The van der Waals surface area contributed by atoms with Crippen LogP contribution in [0.4, 0.5) is 4.79 Å². The van der Waals surface area contributed by atoms with Crippen molar-refractivity contribution in [3.8, 4) is 5.75 Å². The molecule has 156 valence electrons. The summed E-state index contributed by atoms with van der Waals surface area (Å²) >= 11 is 12.7. The lowest BCUT2D eigenvalue weighted by Gasteiger charge is -2.30. The second-order valence-electron chi connectivity index (χ2n) is 7.67. The summed E-state index contributed by atoms with van der Waals surface area (Å²) < 4.78 is 16.1. The second-order valence-corrected chi connectivity index (χ2v) is 8.46. The number of benzene rings is 1. The highest BCUT2D eigenvalue weighted by Gasteiger charge is 2.41. The van der Waals surface area contributed by atoms with Gasteiger partial charge in [0.05, 0.1) is 16.1 Å². The molecule has 7 nitrogen and oxygen atoms in total. The number of likely N-dealkylation sites (tertiary alicyclic amines) is 1. The number of rotatable bonds is 6. The molecule has 0 radical (unpaired) electrons. The van der Waals surface area contributed by atoms with Crippen LogP contribution in [-0.2, 0) is 14.3 Å². The smallest absolute Gasteiger partial charge is 0.410 e. The minimum atomic E-state index is -0.928. The molecular formula is C19H25Cl2NO6. The summed E-state index contributed by atoms with van der Waals surface area (Å²) in [5.74, 6) is -0.756. The van der Waals surface area contributed by atoms with Gasteiger partial charge in [-0.3, -0.25) is 4.79 Å². The van der Waals surface area contributed by atoms with Crippen LogP contribution in [0.3, 0.4) is 0 Å². The van der Waals surface area contributed by atoms with Crippen LogP contribution < -0.4 is 4.74 Å². The largest absolute Gasteiger partial charge is 0.481 e. The molecule has 0 aromatic heterocycles. The van der Waals surface area contributed by atoms with Crippen LogP contribution in [-0.4, -0.2) is 48.1 Å². The van der Waals surface area contributed by atoms with Crippen molar-refractivity contribution in [2.45, 2.75) is 45.3 Å². The lowest BCUT2D eigenvalue weighted by atomic mass is 9.97. The van der Waals surface area contributed by atoms with E-state index in [1.807, 2.05) is 0 Å². The summed E-state index contributed by atoms with van der Waals surface area (Å²) in [7, 11) is 1.49. The molecule has 1 heterocycles. The maximum absolute atomic E-state index is 12.8.